The molecule has 0 saturated carbocycles. The molecule has 0 fully saturated rings. The number of hydrogen-bond acceptors (Lipinski definition) is 4. The summed E-state index contributed by atoms with van der Waals surface area (Å²) in [5.74, 6) is 2.68. The molecule has 7 heteroatoms. The van der Waals surface area contributed by atoms with Crippen molar-refractivity contribution in [3.05, 3.63) is 53.7 Å². The Labute approximate surface area is 114 Å². The first kappa shape index (κ1) is 13.9. The molecule has 3 N–H and O–H groups in total. The van der Waals surface area contributed by atoms with Crippen LogP contribution in [0, 0.1) is 11.6 Å². The number of nitrogens with one attached hydrogen (secondary N) is 1. The standard InChI is InChI=1S/C13H12F2N4O/c1-19(10-5-3-2-4-9(10)14)13(20)8-6-7-17-12(18-16)11(8)15/h2-7H,16H2,1H3,(H,17,18). The van der Waals surface area contributed by atoms with Gasteiger partial charge >= 0.3 is 0 Å². The molecule has 0 aliphatic carbocycles. The Hall–Kier alpha value is -2.54. The Kier molecular flexibility index (Phi) is 3.90. The fourth-order valence-corrected chi connectivity index (χ4v) is 1.72. The number of hydrogen-bond donors (Lipinski definition) is 2. The molecule has 0 unspecified atom stereocenters. The van der Waals surface area contributed by atoms with Crippen LogP contribution in [0.2, 0.25) is 0 Å². The molecule has 20 heavy (non-hydrogen) atoms. The third kappa shape index (κ3) is 2.43. The van der Waals surface area contributed by atoms with Gasteiger partial charge in [0.05, 0.1) is 11.3 Å². The molecule has 0 aliphatic heterocycles. The smallest absolute Gasteiger partial charge is 0.261 e. The predicted molar refractivity (Wildman–Crippen MR) is 71.1 cm³/mol. The lowest BCUT2D eigenvalue weighted by Gasteiger charge is -2.18. The summed E-state index contributed by atoms with van der Waals surface area (Å²) in [5.41, 5.74) is 1.85. The van der Waals surface area contributed by atoms with Crippen molar-refractivity contribution in [2.24, 2.45) is 5.84 Å². The maximum atomic E-state index is 14.0. The minimum absolute atomic E-state index is 0.0518. The van der Waals surface area contributed by atoms with Gasteiger partial charge in [0.25, 0.3) is 5.91 Å². The third-order valence-electron chi connectivity index (χ3n) is 2.77. The Morgan fingerprint density at radius 2 is 2.00 bits per heavy atom. The van der Waals surface area contributed by atoms with E-state index >= 15 is 0 Å². The van der Waals surface area contributed by atoms with Crippen LogP contribution in [0.15, 0.2) is 36.5 Å². The number of carbonyl (C=O) groups is 1. The van der Waals surface area contributed by atoms with E-state index in [9.17, 15) is 13.6 Å². The van der Waals surface area contributed by atoms with Crippen molar-refractivity contribution in [1.82, 2.24) is 4.98 Å². The maximum absolute atomic E-state index is 14.0. The molecule has 0 atom stereocenters. The molecule has 0 aliphatic rings. The third-order valence-corrected chi connectivity index (χ3v) is 2.77. The summed E-state index contributed by atoms with van der Waals surface area (Å²) < 4.78 is 27.6. The highest BCUT2D eigenvalue weighted by molar-refractivity contribution is 6.06. The van der Waals surface area contributed by atoms with Gasteiger partial charge in [-0.05, 0) is 18.2 Å². The Morgan fingerprint density at radius 1 is 1.30 bits per heavy atom. The van der Waals surface area contributed by atoms with E-state index in [4.69, 9.17) is 5.84 Å². The van der Waals surface area contributed by atoms with Gasteiger partial charge in [0.2, 0.25) is 0 Å². The molecule has 1 heterocycles. The van der Waals surface area contributed by atoms with Crippen LogP contribution in [0.25, 0.3) is 0 Å². The van der Waals surface area contributed by atoms with E-state index in [0.29, 0.717) is 0 Å². The second-order valence-corrected chi connectivity index (χ2v) is 3.98. The maximum Gasteiger partial charge on any atom is 0.261 e. The van der Waals surface area contributed by atoms with Crippen molar-refractivity contribution >= 4 is 17.4 Å². The van der Waals surface area contributed by atoms with Crippen LogP contribution >= 0.6 is 0 Å². The van der Waals surface area contributed by atoms with Gasteiger partial charge in [-0.15, -0.1) is 0 Å². The minimum Gasteiger partial charge on any atom is -0.309 e. The monoisotopic (exact) mass is 278 g/mol. The Bertz CT molecular complexity index is 648. The Balaban J connectivity index is 2.39. The van der Waals surface area contributed by atoms with E-state index in [2.05, 4.69) is 4.98 Å². The van der Waals surface area contributed by atoms with Gasteiger partial charge in [0, 0.05) is 13.2 Å². The number of halogens is 2. The van der Waals surface area contributed by atoms with E-state index in [1.807, 2.05) is 5.43 Å². The molecule has 0 bridgehead atoms. The summed E-state index contributed by atoms with van der Waals surface area (Å²) in [5, 5.41) is 0. The van der Waals surface area contributed by atoms with E-state index in [-0.39, 0.29) is 17.1 Å². The molecule has 2 aromatic rings. The first-order chi connectivity index (χ1) is 9.56. The van der Waals surface area contributed by atoms with Crippen molar-refractivity contribution < 1.29 is 13.6 Å². The van der Waals surface area contributed by atoms with E-state index in [1.165, 1.54) is 37.5 Å². The summed E-state index contributed by atoms with van der Waals surface area (Å²) in [7, 11) is 1.36. The molecule has 1 amide bonds. The van der Waals surface area contributed by atoms with Crippen molar-refractivity contribution in [1.29, 1.82) is 0 Å². The molecular formula is C13H12F2N4O. The van der Waals surface area contributed by atoms with Crippen LogP contribution in [-0.2, 0) is 0 Å². The number of aromatic nitrogens is 1. The summed E-state index contributed by atoms with van der Waals surface area (Å²) in [6.45, 7) is 0. The van der Waals surface area contributed by atoms with Gasteiger partial charge in [-0.1, -0.05) is 12.1 Å². The fraction of sp³-hybridized carbons (Fsp3) is 0.0769. The second-order valence-electron chi connectivity index (χ2n) is 3.98. The van der Waals surface area contributed by atoms with Crippen molar-refractivity contribution in [3.8, 4) is 0 Å². The van der Waals surface area contributed by atoms with Crippen LogP contribution in [0.1, 0.15) is 10.4 Å². The highest BCUT2D eigenvalue weighted by atomic mass is 19.1. The molecule has 104 valence electrons. The summed E-state index contributed by atoms with van der Waals surface area (Å²) >= 11 is 0. The highest BCUT2D eigenvalue weighted by Gasteiger charge is 2.21. The minimum atomic E-state index is -0.886. The average molecular weight is 278 g/mol. The van der Waals surface area contributed by atoms with E-state index < -0.39 is 17.5 Å². The molecule has 5 nitrogen and oxygen atoms in total. The zero-order chi connectivity index (χ0) is 14.7. The lowest BCUT2D eigenvalue weighted by Crippen LogP contribution is -2.28. The SMILES string of the molecule is CN(C(=O)c1ccnc(NN)c1F)c1ccccc1F. The average Bonchev–Trinajstić information content (AvgIpc) is 2.46. The quantitative estimate of drug-likeness (QED) is 0.664. The number of amides is 1. The fourth-order valence-electron chi connectivity index (χ4n) is 1.72. The largest absolute Gasteiger partial charge is 0.309 e. The number of para-hydroxylation sites is 1. The number of anilines is 2. The van der Waals surface area contributed by atoms with Gasteiger partial charge < -0.3 is 10.3 Å². The first-order valence-electron chi connectivity index (χ1n) is 5.70. The van der Waals surface area contributed by atoms with Crippen LogP contribution < -0.4 is 16.2 Å². The van der Waals surface area contributed by atoms with E-state index in [1.54, 1.807) is 6.07 Å². The number of carbonyl (C=O) groups excluding carboxylic acids is 1. The van der Waals surface area contributed by atoms with Gasteiger partial charge in [-0.3, -0.25) is 4.79 Å². The van der Waals surface area contributed by atoms with Crippen LogP contribution in [-0.4, -0.2) is 17.9 Å². The van der Waals surface area contributed by atoms with E-state index in [0.717, 1.165) is 4.90 Å². The molecule has 0 spiro atoms. The van der Waals surface area contributed by atoms with Crippen LogP contribution in [0.4, 0.5) is 20.3 Å². The van der Waals surface area contributed by atoms with Gasteiger partial charge in [0.1, 0.15) is 5.82 Å². The number of rotatable bonds is 3. The molecule has 1 aromatic heterocycles. The second kappa shape index (κ2) is 5.62. The predicted octanol–water partition coefficient (Wildman–Crippen LogP) is 1.92. The van der Waals surface area contributed by atoms with Crippen LogP contribution in [0.3, 0.4) is 0 Å². The molecular weight excluding hydrogens is 266 g/mol. The lowest BCUT2D eigenvalue weighted by atomic mass is 10.2. The number of nitrogens with zero attached hydrogens (tertiary/aromatic N) is 2. The summed E-state index contributed by atoms with van der Waals surface area (Å²) in [4.78, 5) is 16.9. The topological polar surface area (TPSA) is 71.2 Å². The number of nitrogens with two attached hydrogens (primary N) is 1. The molecule has 0 radical (unpaired) electrons. The van der Waals surface area contributed by atoms with Gasteiger partial charge in [-0.25, -0.2) is 19.6 Å². The highest BCUT2D eigenvalue weighted by Crippen LogP contribution is 2.21. The van der Waals surface area contributed by atoms with Crippen molar-refractivity contribution in [2.75, 3.05) is 17.4 Å². The number of hydrazine groups is 1. The Morgan fingerprint density at radius 3 is 2.65 bits per heavy atom. The number of pyridine rings is 1. The first-order valence-corrected chi connectivity index (χ1v) is 5.70. The van der Waals surface area contributed by atoms with Crippen LogP contribution in [0.5, 0.6) is 0 Å². The lowest BCUT2D eigenvalue weighted by molar-refractivity contribution is 0.0988. The zero-order valence-corrected chi connectivity index (χ0v) is 10.6. The van der Waals surface area contributed by atoms with Gasteiger partial charge in [-0.2, -0.15) is 0 Å². The zero-order valence-electron chi connectivity index (χ0n) is 10.6. The summed E-state index contributed by atoms with van der Waals surface area (Å²) in [6.07, 6.45) is 1.24. The van der Waals surface area contributed by atoms with Gasteiger partial charge in [0.15, 0.2) is 11.6 Å². The number of nitrogen functional groups attached to an aromatic ring is 1. The normalized spacial score (nSPS) is 10.2. The molecule has 1 aromatic carbocycles. The van der Waals surface area contributed by atoms with Crippen molar-refractivity contribution in [3.63, 3.8) is 0 Å². The molecule has 0 saturated heterocycles. The summed E-state index contributed by atoms with van der Waals surface area (Å²) in [6, 6.07) is 6.93. The van der Waals surface area contributed by atoms with Crippen molar-refractivity contribution in [2.45, 2.75) is 0 Å². The molecule has 2 rings (SSSR count). The number of benzene rings is 1.